The van der Waals surface area contributed by atoms with Gasteiger partial charge in [0.2, 0.25) is 0 Å². The molecule has 0 atom stereocenters. The molecule has 6 heteroatoms. The van der Waals surface area contributed by atoms with Crippen molar-refractivity contribution in [3.63, 3.8) is 0 Å². The molecule has 0 bridgehead atoms. The Hall–Kier alpha value is -3.12. The summed E-state index contributed by atoms with van der Waals surface area (Å²) >= 11 is 0. The Labute approximate surface area is 158 Å². The van der Waals surface area contributed by atoms with Crippen molar-refractivity contribution >= 4 is 21.4 Å². The summed E-state index contributed by atoms with van der Waals surface area (Å²) in [6.07, 6.45) is 1.11. The van der Waals surface area contributed by atoms with Crippen molar-refractivity contribution in [1.82, 2.24) is 0 Å². The maximum atomic E-state index is 12.6. The van der Waals surface area contributed by atoms with Crippen LogP contribution in [0.3, 0.4) is 0 Å². The van der Waals surface area contributed by atoms with Gasteiger partial charge in [-0.25, -0.2) is 8.42 Å². The Morgan fingerprint density at radius 3 is 2.33 bits per heavy atom. The average Bonchev–Trinajstić information content (AvgIpc) is 2.64. The van der Waals surface area contributed by atoms with E-state index < -0.39 is 15.7 Å². The minimum Gasteiger partial charge on any atom is -0.455 e. The van der Waals surface area contributed by atoms with Crippen LogP contribution in [0.25, 0.3) is 0 Å². The summed E-state index contributed by atoms with van der Waals surface area (Å²) in [6.45, 7) is 1.99. The van der Waals surface area contributed by atoms with E-state index in [1.807, 2.05) is 37.3 Å². The molecule has 0 saturated carbocycles. The lowest BCUT2D eigenvalue weighted by Gasteiger charge is -2.12. The molecule has 138 valence electrons. The molecule has 0 fully saturated rings. The fourth-order valence-corrected chi connectivity index (χ4v) is 3.12. The molecule has 27 heavy (non-hydrogen) atoms. The number of benzene rings is 3. The highest BCUT2D eigenvalue weighted by Crippen LogP contribution is 2.29. The number of nitrogens with one attached hydrogen (secondary N) is 1. The summed E-state index contributed by atoms with van der Waals surface area (Å²) < 4.78 is 29.3. The number of para-hydroxylation sites is 2. The van der Waals surface area contributed by atoms with Crippen LogP contribution in [0.4, 0.5) is 5.69 Å². The van der Waals surface area contributed by atoms with Crippen LogP contribution >= 0.6 is 0 Å². The van der Waals surface area contributed by atoms with Gasteiger partial charge in [0.25, 0.3) is 5.91 Å². The first kappa shape index (κ1) is 18.7. The van der Waals surface area contributed by atoms with Gasteiger partial charge in [-0.05, 0) is 49.4 Å². The predicted octanol–water partition coefficient (Wildman–Crippen LogP) is 4.44. The van der Waals surface area contributed by atoms with E-state index in [1.54, 1.807) is 30.3 Å². The molecular formula is C21H19NO4S. The van der Waals surface area contributed by atoms with Gasteiger partial charge in [-0.3, -0.25) is 4.79 Å². The third-order valence-corrected chi connectivity index (χ3v) is 5.02. The molecule has 0 aliphatic carbocycles. The highest BCUT2D eigenvalue weighted by molar-refractivity contribution is 7.90. The summed E-state index contributed by atoms with van der Waals surface area (Å²) in [6, 6.07) is 20.6. The molecule has 0 aromatic heterocycles. The summed E-state index contributed by atoms with van der Waals surface area (Å²) in [5.41, 5.74) is 1.87. The van der Waals surface area contributed by atoms with E-state index in [0.29, 0.717) is 17.2 Å². The van der Waals surface area contributed by atoms with Crippen LogP contribution in [0.5, 0.6) is 11.5 Å². The number of amides is 1. The molecule has 3 rings (SSSR count). The number of aryl methyl sites for hydroxylation is 1. The van der Waals surface area contributed by atoms with Crippen LogP contribution < -0.4 is 10.1 Å². The summed E-state index contributed by atoms with van der Waals surface area (Å²) in [4.78, 5) is 12.7. The quantitative estimate of drug-likeness (QED) is 0.709. The van der Waals surface area contributed by atoms with Crippen molar-refractivity contribution in [3.8, 4) is 11.5 Å². The Morgan fingerprint density at radius 1 is 0.926 bits per heavy atom. The maximum absolute atomic E-state index is 12.6. The van der Waals surface area contributed by atoms with Crippen LogP contribution in [0.2, 0.25) is 0 Å². The number of hydrogen-bond acceptors (Lipinski definition) is 4. The molecule has 0 saturated heterocycles. The predicted molar refractivity (Wildman–Crippen MR) is 105 cm³/mol. The largest absolute Gasteiger partial charge is 0.455 e. The standard InChI is InChI=1S/C21H19NO4S/c1-15-10-12-17(13-11-15)26-20-9-4-3-8-19(20)22-21(23)16-6-5-7-18(14-16)27(2,24)25/h3-14H,1-2H3,(H,22,23). The van der Waals surface area contributed by atoms with Gasteiger partial charge in [-0.2, -0.15) is 0 Å². The zero-order chi connectivity index (χ0) is 19.4. The number of carbonyl (C=O) groups excluding carboxylic acids is 1. The first-order valence-corrected chi connectivity index (χ1v) is 10.2. The van der Waals surface area contributed by atoms with Crippen molar-refractivity contribution in [1.29, 1.82) is 0 Å². The van der Waals surface area contributed by atoms with Crippen molar-refractivity contribution < 1.29 is 17.9 Å². The Kier molecular flexibility index (Phi) is 5.28. The van der Waals surface area contributed by atoms with E-state index in [0.717, 1.165) is 11.8 Å². The number of hydrogen-bond donors (Lipinski definition) is 1. The molecule has 5 nitrogen and oxygen atoms in total. The Bertz CT molecular complexity index is 1070. The van der Waals surface area contributed by atoms with Crippen molar-refractivity contribution in [3.05, 3.63) is 83.9 Å². The lowest BCUT2D eigenvalue weighted by atomic mass is 10.2. The minimum absolute atomic E-state index is 0.0966. The summed E-state index contributed by atoms with van der Waals surface area (Å²) in [7, 11) is -3.39. The van der Waals surface area contributed by atoms with E-state index in [2.05, 4.69) is 5.32 Å². The van der Waals surface area contributed by atoms with Crippen LogP contribution in [-0.2, 0) is 9.84 Å². The van der Waals surface area contributed by atoms with Gasteiger partial charge in [0.1, 0.15) is 5.75 Å². The van der Waals surface area contributed by atoms with Crippen LogP contribution in [-0.4, -0.2) is 20.6 Å². The van der Waals surface area contributed by atoms with Gasteiger partial charge >= 0.3 is 0 Å². The highest BCUT2D eigenvalue weighted by atomic mass is 32.2. The van der Waals surface area contributed by atoms with Crippen molar-refractivity contribution in [2.45, 2.75) is 11.8 Å². The molecule has 0 spiro atoms. The fraction of sp³-hybridized carbons (Fsp3) is 0.0952. The number of carbonyl (C=O) groups is 1. The second-order valence-electron chi connectivity index (χ2n) is 6.17. The third-order valence-electron chi connectivity index (χ3n) is 3.91. The van der Waals surface area contributed by atoms with E-state index in [4.69, 9.17) is 4.74 Å². The lowest BCUT2D eigenvalue weighted by molar-refractivity contribution is 0.102. The second kappa shape index (κ2) is 7.63. The van der Waals surface area contributed by atoms with Gasteiger partial charge in [0.05, 0.1) is 10.6 Å². The smallest absolute Gasteiger partial charge is 0.255 e. The lowest BCUT2D eigenvalue weighted by Crippen LogP contribution is -2.13. The second-order valence-corrected chi connectivity index (χ2v) is 8.18. The monoisotopic (exact) mass is 381 g/mol. The molecular weight excluding hydrogens is 362 g/mol. The molecule has 3 aromatic rings. The number of sulfone groups is 1. The first-order valence-electron chi connectivity index (χ1n) is 8.28. The van der Waals surface area contributed by atoms with Crippen molar-refractivity contribution in [2.75, 3.05) is 11.6 Å². The summed E-state index contributed by atoms with van der Waals surface area (Å²) in [5, 5.41) is 2.78. The Morgan fingerprint density at radius 2 is 1.63 bits per heavy atom. The van der Waals surface area contributed by atoms with Crippen LogP contribution in [0, 0.1) is 6.92 Å². The maximum Gasteiger partial charge on any atom is 0.255 e. The molecule has 0 aliphatic heterocycles. The molecule has 1 N–H and O–H groups in total. The topological polar surface area (TPSA) is 72.5 Å². The molecule has 1 amide bonds. The molecule has 0 aliphatic rings. The van der Waals surface area contributed by atoms with Crippen LogP contribution in [0.15, 0.2) is 77.7 Å². The Balaban J connectivity index is 1.84. The van der Waals surface area contributed by atoms with Crippen molar-refractivity contribution in [2.24, 2.45) is 0 Å². The third kappa shape index (κ3) is 4.74. The van der Waals surface area contributed by atoms with E-state index >= 15 is 0 Å². The molecule has 0 unspecified atom stereocenters. The minimum atomic E-state index is -3.39. The SMILES string of the molecule is Cc1ccc(Oc2ccccc2NC(=O)c2cccc(S(C)(=O)=O)c2)cc1. The van der Waals surface area contributed by atoms with Gasteiger partial charge < -0.3 is 10.1 Å². The highest BCUT2D eigenvalue weighted by Gasteiger charge is 2.14. The van der Waals surface area contributed by atoms with Gasteiger partial charge in [0, 0.05) is 11.8 Å². The molecule has 0 radical (unpaired) electrons. The number of rotatable bonds is 5. The summed E-state index contributed by atoms with van der Waals surface area (Å²) in [5.74, 6) is 0.732. The average molecular weight is 381 g/mol. The van der Waals surface area contributed by atoms with Crippen LogP contribution in [0.1, 0.15) is 15.9 Å². The number of ether oxygens (including phenoxy) is 1. The molecule has 3 aromatic carbocycles. The van der Waals surface area contributed by atoms with E-state index in [-0.39, 0.29) is 10.5 Å². The zero-order valence-corrected chi connectivity index (χ0v) is 15.8. The first-order chi connectivity index (χ1) is 12.8. The van der Waals surface area contributed by atoms with E-state index in [1.165, 1.54) is 12.1 Å². The fourth-order valence-electron chi connectivity index (χ4n) is 2.45. The van der Waals surface area contributed by atoms with Gasteiger partial charge in [-0.1, -0.05) is 35.9 Å². The number of anilines is 1. The van der Waals surface area contributed by atoms with E-state index in [9.17, 15) is 13.2 Å². The van der Waals surface area contributed by atoms with Gasteiger partial charge in [0.15, 0.2) is 15.6 Å². The van der Waals surface area contributed by atoms with Gasteiger partial charge in [-0.15, -0.1) is 0 Å². The zero-order valence-electron chi connectivity index (χ0n) is 15.0. The normalized spacial score (nSPS) is 11.0. The molecule has 0 heterocycles.